The zero-order valence-corrected chi connectivity index (χ0v) is 13.6. The van der Waals surface area contributed by atoms with Crippen LogP contribution >= 0.6 is 23.2 Å². The summed E-state index contributed by atoms with van der Waals surface area (Å²) in [5.41, 5.74) is -0.185. The van der Waals surface area contributed by atoms with Crippen LogP contribution in [0.25, 0.3) is 0 Å². The third kappa shape index (κ3) is 1.94. The summed E-state index contributed by atoms with van der Waals surface area (Å²) in [7, 11) is 0. The van der Waals surface area contributed by atoms with Gasteiger partial charge in [-0.05, 0) is 75.0 Å². The second-order valence-electron chi connectivity index (χ2n) is 8.31. The van der Waals surface area contributed by atoms with Gasteiger partial charge in [0.2, 0.25) is 5.91 Å². The van der Waals surface area contributed by atoms with Crippen molar-refractivity contribution < 1.29 is 4.79 Å². The van der Waals surface area contributed by atoms with Gasteiger partial charge in [-0.2, -0.15) is 0 Å². The van der Waals surface area contributed by atoms with Gasteiger partial charge in [0.15, 0.2) is 0 Å². The standard InChI is InChI=1S/C16H23Cl2NO/c1-14(8-16(14,17)18)13(20)19-9-15-5-10-2-11(6-15)4-12(3-10)7-15/h10-12H,2-9H2,1H3,(H,19,20). The summed E-state index contributed by atoms with van der Waals surface area (Å²) in [5.74, 6) is 2.83. The highest BCUT2D eigenvalue weighted by molar-refractivity contribution is 6.53. The van der Waals surface area contributed by atoms with E-state index in [9.17, 15) is 4.79 Å². The van der Waals surface area contributed by atoms with Gasteiger partial charge >= 0.3 is 0 Å². The molecule has 5 aliphatic rings. The molecule has 1 unspecified atom stereocenters. The Balaban J connectivity index is 1.42. The fraction of sp³-hybridized carbons (Fsp3) is 0.938. The first-order chi connectivity index (χ1) is 9.32. The van der Waals surface area contributed by atoms with Gasteiger partial charge in [-0.1, -0.05) is 0 Å². The Kier molecular flexibility index (Phi) is 2.79. The molecule has 0 radical (unpaired) electrons. The van der Waals surface area contributed by atoms with Gasteiger partial charge in [-0.3, -0.25) is 4.79 Å². The highest BCUT2D eigenvalue weighted by Crippen LogP contribution is 2.64. The Hall–Kier alpha value is 0.0500. The molecule has 4 heteroatoms. The van der Waals surface area contributed by atoms with E-state index in [1.54, 1.807) is 0 Å². The van der Waals surface area contributed by atoms with Gasteiger partial charge < -0.3 is 5.32 Å². The van der Waals surface area contributed by atoms with Crippen molar-refractivity contribution in [1.29, 1.82) is 0 Å². The van der Waals surface area contributed by atoms with Gasteiger partial charge in [-0.15, -0.1) is 23.2 Å². The summed E-state index contributed by atoms with van der Waals surface area (Å²) in [6.07, 6.45) is 8.87. The predicted octanol–water partition coefficient (Wildman–Crippen LogP) is 3.90. The first-order valence-corrected chi connectivity index (χ1v) is 8.74. The van der Waals surface area contributed by atoms with Crippen molar-refractivity contribution in [3.8, 4) is 0 Å². The molecule has 0 aromatic carbocycles. The minimum absolute atomic E-state index is 0.0539. The van der Waals surface area contributed by atoms with Gasteiger partial charge in [0.05, 0.1) is 5.41 Å². The molecule has 5 aliphatic carbocycles. The number of halogens is 2. The van der Waals surface area contributed by atoms with Crippen molar-refractivity contribution in [2.75, 3.05) is 6.54 Å². The average Bonchev–Trinajstić information content (AvgIpc) is 2.85. The maximum absolute atomic E-state index is 12.4. The number of amides is 1. The SMILES string of the molecule is CC1(C(=O)NCC23CC4CC(CC(C4)C2)C3)CC1(Cl)Cl. The first-order valence-electron chi connectivity index (χ1n) is 7.98. The molecule has 20 heavy (non-hydrogen) atoms. The lowest BCUT2D eigenvalue weighted by atomic mass is 9.49. The van der Waals surface area contributed by atoms with Crippen molar-refractivity contribution in [2.45, 2.75) is 56.2 Å². The van der Waals surface area contributed by atoms with E-state index < -0.39 is 9.75 Å². The van der Waals surface area contributed by atoms with E-state index in [1.165, 1.54) is 38.5 Å². The number of alkyl halides is 2. The van der Waals surface area contributed by atoms with E-state index in [0.29, 0.717) is 11.8 Å². The first kappa shape index (κ1) is 13.7. The summed E-state index contributed by atoms with van der Waals surface area (Å²) in [6, 6.07) is 0. The Bertz CT molecular complexity index is 426. The van der Waals surface area contributed by atoms with Gasteiger partial charge in [-0.25, -0.2) is 0 Å². The summed E-state index contributed by atoms with van der Waals surface area (Å²) < 4.78 is -0.849. The van der Waals surface area contributed by atoms with E-state index in [-0.39, 0.29) is 5.91 Å². The third-order valence-electron chi connectivity index (χ3n) is 6.55. The van der Waals surface area contributed by atoms with Crippen molar-refractivity contribution in [2.24, 2.45) is 28.6 Å². The van der Waals surface area contributed by atoms with Gasteiger partial charge in [0.25, 0.3) is 0 Å². The highest BCUT2D eigenvalue weighted by Gasteiger charge is 2.68. The number of rotatable bonds is 3. The molecule has 112 valence electrons. The predicted molar refractivity (Wildman–Crippen MR) is 80.8 cm³/mol. The molecule has 1 atom stereocenters. The third-order valence-corrected chi connectivity index (χ3v) is 7.65. The van der Waals surface area contributed by atoms with Crippen LogP contribution in [0, 0.1) is 28.6 Å². The molecule has 0 aromatic rings. The maximum Gasteiger partial charge on any atom is 0.229 e. The van der Waals surface area contributed by atoms with Crippen LogP contribution in [0.1, 0.15) is 51.9 Å². The van der Waals surface area contributed by atoms with Crippen LogP contribution in [0.2, 0.25) is 0 Å². The van der Waals surface area contributed by atoms with Crippen molar-refractivity contribution in [3.05, 3.63) is 0 Å². The average molecular weight is 316 g/mol. The van der Waals surface area contributed by atoms with Crippen LogP contribution in [0.3, 0.4) is 0 Å². The quantitative estimate of drug-likeness (QED) is 0.786. The molecule has 5 fully saturated rings. The molecule has 0 aromatic heterocycles. The fourth-order valence-corrected chi connectivity index (χ4v) is 6.32. The Morgan fingerprint density at radius 3 is 1.95 bits per heavy atom. The second kappa shape index (κ2) is 4.07. The van der Waals surface area contributed by atoms with Crippen LogP contribution in [-0.2, 0) is 4.79 Å². The molecule has 2 nitrogen and oxygen atoms in total. The molecule has 1 amide bonds. The molecule has 0 heterocycles. The lowest BCUT2D eigenvalue weighted by Gasteiger charge is -2.57. The molecule has 0 spiro atoms. The molecule has 0 saturated heterocycles. The lowest BCUT2D eigenvalue weighted by molar-refractivity contribution is -0.127. The minimum atomic E-state index is -0.849. The molecule has 1 N–H and O–H groups in total. The summed E-state index contributed by atoms with van der Waals surface area (Å²) in [4.78, 5) is 12.4. The van der Waals surface area contributed by atoms with E-state index >= 15 is 0 Å². The summed E-state index contributed by atoms with van der Waals surface area (Å²) in [5, 5.41) is 3.19. The summed E-state index contributed by atoms with van der Waals surface area (Å²) >= 11 is 12.2. The molecule has 4 bridgehead atoms. The normalized spacial score (nSPS) is 51.0. The van der Waals surface area contributed by atoms with E-state index in [2.05, 4.69) is 5.32 Å². The van der Waals surface area contributed by atoms with Crippen LogP contribution in [0.15, 0.2) is 0 Å². The number of carbonyl (C=O) groups is 1. The molecular formula is C16H23Cl2NO. The number of hydrogen-bond donors (Lipinski definition) is 1. The topological polar surface area (TPSA) is 29.1 Å². The minimum Gasteiger partial charge on any atom is -0.355 e. The molecule has 5 rings (SSSR count). The van der Waals surface area contributed by atoms with Crippen LogP contribution in [0.4, 0.5) is 0 Å². The zero-order chi connectivity index (χ0) is 14.2. The largest absolute Gasteiger partial charge is 0.355 e. The fourth-order valence-electron chi connectivity index (χ4n) is 5.62. The zero-order valence-electron chi connectivity index (χ0n) is 12.1. The van der Waals surface area contributed by atoms with E-state index in [0.717, 1.165) is 24.3 Å². The monoisotopic (exact) mass is 315 g/mol. The van der Waals surface area contributed by atoms with E-state index in [4.69, 9.17) is 23.2 Å². The molecule has 5 saturated carbocycles. The van der Waals surface area contributed by atoms with Crippen molar-refractivity contribution in [1.82, 2.24) is 5.32 Å². The van der Waals surface area contributed by atoms with Crippen molar-refractivity contribution in [3.63, 3.8) is 0 Å². The lowest BCUT2D eigenvalue weighted by Crippen LogP contribution is -2.52. The van der Waals surface area contributed by atoms with Crippen LogP contribution in [0.5, 0.6) is 0 Å². The maximum atomic E-state index is 12.4. The van der Waals surface area contributed by atoms with Gasteiger partial charge in [0.1, 0.15) is 4.33 Å². The number of nitrogens with one attached hydrogen (secondary N) is 1. The molecule has 0 aliphatic heterocycles. The smallest absolute Gasteiger partial charge is 0.229 e. The Morgan fingerprint density at radius 2 is 1.55 bits per heavy atom. The Labute approximate surface area is 131 Å². The molecular weight excluding hydrogens is 293 g/mol. The second-order valence-corrected chi connectivity index (χ2v) is 9.80. The van der Waals surface area contributed by atoms with Gasteiger partial charge in [0, 0.05) is 6.54 Å². The van der Waals surface area contributed by atoms with E-state index in [1.807, 2.05) is 6.92 Å². The van der Waals surface area contributed by atoms with Crippen LogP contribution < -0.4 is 5.32 Å². The number of carbonyl (C=O) groups excluding carboxylic acids is 1. The summed E-state index contributed by atoms with van der Waals surface area (Å²) in [6.45, 7) is 2.72. The Morgan fingerprint density at radius 1 is 1.10 bits per heavy atom. The highest BCUT2D eigenvalue weighted by atomic mass is 35.5. The van der Waals surface area contributed by atoms with Crippen LogP contribution in [-0.4, -0.2) is 16.8 Å². The van der Waals surface area contributed by atoms with Crippen molar-refractivity contribution >= 4 is 29.1 Å². The number of hydrogen-bond acceptors (Lipinski definition) is 1.